The smallest absolute Gasteiger partial charge is 0.256 e. The summed E-state index contributed by atoms with van der Waals surface area (Å²) in [5, 5.41) is 6.99. The summed E-state index contributed by atoms with van der Waals surface area (Å²) in [7, 11) is 2.05. The molecule has 1 aromatic carbocycles. The van der Waals surface area contributed by atoms with Gasteiger partial charge in [0.1, 0.15) is 11.4 Å². The minimum Gasteiger partial charge on any atom is -0.356 e. The number of nitrogens with one attached hydrogen (secondary N) is 2. The van der Waals surface area contributed by atoms with Crippen molar-refractivity contribution < 1.29 is 4.79 Å². The molecule has 6 nitrogen and oxygen atoms in total. The average molecular weight is 430 g/mol. The molecule has 0 unspecified atom stereocenters. The van der Waals surface area contributed by atoms with E-state index in [4.69, 9.17) is 16.6 Å². The first kappa shape index (κ1) is 22.3. The largest absolute Gasteiger partial charge is 0.356 e. The van der Waals surface area contributed by atoms with Crippen molar-refractivity contribution in [2.45, 2.75) is 64.5 Å². The Kier molecular flexibility index (Phi) is 8.31. The Morgan fingerprint density at radius 1 is 1.20 bits per heavy atom. The lowest BCUT2D eigenvalue weighted by atomic mass is 9.94. The molecule has 1 saturated carbocycles. The van der Waals surface area contributed by atoms with E-state index in [2.05, 4.69) is 27.4 Å². The summed E-state index contributed by atoms with van der Waals surface area (Å²) < 4.78 is 0. The number of rotatable bonds is 9. The van der Waals surface area contributed by atoms with Crippen molar-refractivity contribution in [2.24, 2.45) is 0 Å². The van der Waals surface area contributed by atoms with Crippen molar-refractivity contribution >= 4 is 29.3 Å². The van der Waals surface area contributed by atoms with Gasteiger partial charge in [0, 0.05) is 37.4 Å². The van der Waals surface area contributed by atoms with E-state index >= 15 is 0 Å². The maximum atomic E-state index is 12.8. The van der Waals surface area contributed by atoms with Crippen LogP contribution in [0.5, 0.6) is 0 Å². The van der Waals surface area contributed by atoms with Gasteiger partial charge in [-0.2, -0.15) is 4.98 Å². The van der Waals surface area contributed by atoms with Crippen LogP contribution in [0.3, 0.4) is 0 Å². The number of unbranched alkanes of at least 4 members (excludes halogenated alkanes) is 1. The predicted octanol–water partition coefficient (Wildman–Crippen LogP) is 5.04. The molecule has 1 fully saturated rings. The van der Waals surface area contributed by atoms with Crippen LogP contribution in [-0.2, 0) is 6.54 Å². The molecule has 7 heteroatoms. The number of aromatic nitrogens is 2. The van der Waals surface area contributed by atoms with Crippen LogP contribution in [0.25, 0.3) is 0 Å². The van der Waals surface area contributed by atoms with E-state index in [1.165, 1.54) is 19.3 Å². The molecule has 2 N–H and O–H groups in total. The highest BCUT2D eigenvalue weighted by Crippen LogP contribution is 2.27. The van der Waals surface area contributed by atoms with Crippen molar-refractivity contribution in [2.75, 3.05) is 23.8 Å². The molecule has 3 rings (SSSR count). The first-order chi connectivity index (χ1) is 14.6. The second kappa shape index (κ2) is 11.2. The van der Waals surface area contributed by atoms with Gasteiger partial charge in [0.2, 0.25) is 5.95 Å². The molecule has 1 aromatic heterocycles. The van der Waals surface area contributed by atoms with E-state index < -0.39 is 0 Å². The van der Waals surface area contributed by atoms with Crippen molar-refractivity contribution in [3.05, 3.63) is 46.6 Å². The number of halogens is 1. The van der Waals surface area contributed by atoms with Gasteiger partial charge in [0.15, 0.2) is 0 Å². The van der Waals surface area contributed by atoms with Gasteiger partial charge in [0.25, 0.3) is 5.91 Å². The van der Waals surface area contributed by atoms with E-state index in [1.54, 1.807) is 6.20 Å². The second-order valence-corrected chi connectivity index (χ2v) is 8.36. The summed E-state index contributed by atoms with van der Waals surface area (Å²) in [5.41, 5.74) is 1.63. The molecule has 2 aromatic rings. The molecule has 0 saturated heterocycles. The zero-order valence-corrected chi connectivity index (χ0v) is 18.7. The van der Waals surface area contributed by atoms with Gasteiger partial charge >= 0.3 is 0 Å². The summed E-state index contributed by atoms with van der Waals surface area (Å²) >= 11 is 5.96. The van der Waals surface area contributed by atoms with E-state index in [0.717, 1.165) is 31.2 Å². The number of hydrogen-bond acceptors (Lipinski definition) is 5. The number of carbonyl (C=O) groups excluding carboxylic acids is 1. The van der Waals surface area contributed by atoms with E-state index in [1.807, 2.05) is 31.3 Å². The number of benzene rings is 1. The summed E-state index contributed by atoms with van der Waals surface area (Å²) in [4.78, 5) is 24.1. The second-order valence-electron chi connectivity index (χ2n) is 7.92. The number of carbonyl (C=O) groups is 1. The number of hydrogen-bond donors (Lipinski definition) is 2. The first-order valence-corrected chi connectivity index (χ1v) is 11.3. The number of amides is 1. The Morgan fingerprint density at radius 2 is 1.93 bits per heavy atom. The van der Waals surface area contributed by atoms with Crippen LogP contribution in [0.2, 0.25) is 5.02 Å². The zero-order chi connectivity index (χ0) is 21.3. The highest BCUT2D eigenvalue weighted by molar-refractivity contribution is 6.30. The molecule has 1 heterocycles. The molecule has 0 atom stereocenters. The SMILES string of the molecule is CCCCNC(=O)c1cnc(NCc2ccc(Cl)cc2)nc1N(C)C1CCCCC1. The molecule has 0 radical (unpaired) electrons. The summed E-state index contributed by atoms with van der Waals surface area (Å²) in [5.74, 6) is 1.11. The predicted molar refractivity (Wildman–Crippen MR) is 123 cm³/mol. The number of nitrogens with zero attached hydrogens (tertiary/aromatic N) is 3. The first-order valence-electron chi connectivity index (χ1n) is 10.9. The lowest BCUT2D eigenvalue weighted by Crippen LogP contribution is -2.36. The van der Waals surface area contributed by atoms with Crippen LogP contribution in [0.4, 0.5) is 11.8 Å². The van der Waals surface area contributed by atoms with Crippen LogP contribution in [0.1, 0.15) is 67.8 Å². The van der Waals surface area contributed by atoms with Crippen LogP contribution in [0.15, 0.2) is 30.5 Å². The van der Waals surface area contributed by atoms with E-state index in [-0.39, 0.29) is 5.91 Å². The maximum absolute atomic E-state index is 12.8. The van der Waals surface area contributed by atoms with Crippen LogP contribution >= 0.6 is 11.6 Å². The highest BCUT2D eigenvalue weighted by atomic mass is 35.5. The third-order valence-electron chi connectivity index (χ3n) is 5.65. The van der Waals surface area contributed by atoms with Crippen molar-refractivity contribution in [3.8, 4) is 0 Å². The Hall–Kier alpha value is -2.34. The van der Waals surface area contributed by atoms with Gasteiger partial charge in [-0.1, -0.05) is 56.3 Å². The normalized spacial score (nSPS) is 14.4. The third-order valence-corrected chi connectivity index (χ3v) is 5.90. The Bertz CT molecular complexity index is 821. The molecule has 0 bridgehead atoms. The molecule has 1 aliphatic rings. The van der Waals surface area contributed by atoms with Crippen molar-refractivity contribution in [1.82, 2.24) is 15.3 Å². The topological polar surface area (TPSA) is 70.1 Å². The van der Waals surface area contributed by atoms with Gasteiger partial charge in [-0.25, -0.2) is 4.98 Å². The molecule has 0 aliphatic heterocycles. The molecule has 1 amide bonds. The summed E-state index contributed by atoms with van der Waals surface area (Å²) in [6.45, 7) is 3.36. The van der Waals surface area contributed by atoms with Crippen LogP contribution < -0.4 is 15.5 Å². The summed E-state index contributed by atoms with van der Waals surface area (Å²) in [6.07, 6.45) is 9.63. The van der Waals surface area contributed by atoms with Crippen LogP contribution in [-0.4, -0.2) is 35.5 Å². The monoisotopic (exact) mass is 429 g/mol. The maximum Gasteiger partial charge on any atom is 0.256 e. The minimum absolute atomic E-state index is 0.106. The fourth-order valence-electron chi connectivity index (χ4n) is 3.79. The lowest BCUT2D eigenvalue weighted by Gasteiger charge is -2.33. The van der Waals surface area contributed by atoms with E-state index in [9.17, 15) is 4.79 Å². The average Bonchev–Trinajstić information content (AvgIpc) is 2.78. The standard InChI is InChI=1S/C23H32ClN5O/c1-3-4-14-25-22(30)20-16-27-23(26-15-17-10-12-18(24)13-11-17)28-21(20)29(2)19-8-6-5-7-9-19/h10-13,16,19H,3-9,14-15H2,1-2H3,(H,25,30)(H,26,27,28). The Balaban J connectivity index is 1.79. The minimum atomic E-state index is -0.106. The molecular formula is C23H32ClN5O. The molecular weight excluding hydrogens is 398 g/mol. The van der Waals surface area contributed by atoms with Crippen molar-refractivity contribution in [1.29, 1.82) is 0 Å². The van der Waals surface area contributed by atoms with Gasteiger partial charge < -0.3 is 15.5 Å². The van der Waals surface area contributed by atoms with E-state index in [0.29, 0.717) is 41.5 Å². The fourth-order valence-corrected chi connectivity index (χ4v) is 3.91. The number of anilines is 2. The Labute approximate surface area is 184 Å². The highest BCUT2D eigenvalue weighted by Gasteiger charge is 2.24. The fraction of sp³-hybridized carbons (Fsp3) is 0.522. The van der Waals surface area contributed by atoms with Gasteiger partial charge in [0.05, 0.1) is 0 Å². The van der Waals surface area contributed by atoms with Gasteiger partial charge in [-0.05, 0) is 37.0 Å². The molecule has 1 aliphatic carbocycles. The lowest BCUT2D eigenvalue weighted by molar-refractivity contribution is 0.0953. The summed E-state index contributed by atoms with van der Waals surface area (Å²) in [6, 6.07) is 8.08. The van der Waals surface area contributed by atoms with Gasteiger partial charge in [-0.3, -0.25) is 4.79 Å². The van der Waals surface area contributed by atoms with Crippen molar-refractivity contribution in [3.63, 3.8) is 0 Å². The molecule has 0 spiro atoms. The van der Waals surface area contributed by atoms with Crippen LogP contribution in [0, 0.1) is 0 Å². The zero-order valence-electron chi connectivity index (χ0n) is 18.0. The van der Waals surface area contributed by atoms with Gasteiger partial charge in [-0.15, -0.1) is 0 Å². The Morgan fingerprint density at radius 3 is 2.63 bits per heavy atom. The molecule has 30 heavy (non-hydrogen) atoms. The third kappa shape index (κ3) is 6.08. The molecule has 162 valence electrons. The quantitative estimate of drug-likeness (QED) is 0.546.